The molecular formula is C13H23N3O2. The number of hydrogen-bond donors (Lipinski definition) is 2. The molecule has 2 unspecified atom stereocenters. The Bertz CT molecular complexity index is 309. The Morgan fingerprint density at radius 3 is 2.94 bits per heavy atom. The van der Waals surface area contributed by atoms with Crippen molar-refractivity contribution in [3.63, 3.8) is 0 Å². The largest absolute Gasteiger partial charge is 0.355 e. The van der Waals surface area contributed by atoms with Crippen LogP contribution in [0, 0.1) is 5.92 Å². The minimum absolute atomic E-state index is 0.0448. The molecule has 0 aromatic heterocycles. The molecule has 0 spiro atoms. The van der Waals surface area contributed by atoms with E-state index in [0.717, 1.165) is 19.5 Å². The van der Waals surface area contributed by atoms with Crippen molar-refractivity contribution < 1.29 is 9.59 Å². The smallest absolute Gasteiger partial charge is 0.224 e. The van der Waals surface area contributed by atoms with Crippen LogP contribution in [0.25, 0.3) is 0 Å². The summed E-state index contributed by atoms with van der Waals surface area (Å²) in [7, 11) is 2.12. The predicted octanol–water partition coefficient (Wildman–Crippen LogP) is 0.113. The van der Waals surface area contributed by atoms with E-state index in [9.17, 15) is 9.59 Å². The summed E-state index contributed by atoms with van der Waals surface area (Å²) in [4.78, 5) is 25.3. The number of carbonyl (C=O) groups excluding carboxylic acids is 2. The van der Waals surface area contributed by atoms with Gasteiger partial charge in [0.15, 0.2) is 0 Å². The van der Waals surface area contributed by atoms with Gasteiger partial charge >= 0.3 is 0 Å². The number of likely N-dealkylation sites (tertiary alicyclic amines) is 1. The molecule has 2 atom stereocenters. The fourth-order valence-electron chi connectivity index (χ4n) is 2.72. The van der Waals surface area contributed by atoms with E-state index < -0.39 is 0 Å². The topological polar surface area (TPSA) is 61.4 Å². The van der Waals surface area contributed by atoms with Crippen molar-refractivity contribution in [3.05, 3.63) is 0 Å². The highest BCUT2D eigenvalue weighted by Crippen LogP contribution is 2.15. The van der Waals surface area contributed by atoms with Crippen molar-refractivity contribution in [2.45, 2.75) is 38.1 Å². The van der Waals surface area contributed by atoms with Crippen molar-refractivity contribution >= 4 is 11.8 Å². The normalized spacial score (nSPS) is 29.7. The van der Waals surface area contributed by atoms with Gasteiger partial charge in [-0.2, -0.15) is 0 Å². The average Bonchev–Trinajstić information content (AvgIpc) is 2.38. The highest BCUT2D eigenvalue weighted by Gasteiger charge is 2.25. The molecule has 2 amide bonds. The summed E-state index contributed by atoms with van der Waals surface area (Å²) in [6.07, 6.45) is 4.83. The molecule has 0 bridgehead atoms. The first-order valence-corrected chi connectivity index (χ1v) is 6.91. The van der Waals surface area contributed by atoms with Crippen LogP contribution < -0.4 is 10.6 Å². The van der Waals surface area contributed by atoms with Crippen molar-refractivity contribution in [1.82, 2.24) is 15.5 Å². The monoisotopic (exact) mass is 253 g/mol. The molecule has 5 heteroatoms. The summed E-state index contributed by atoms with van der Waals surface area (Å²) in [5.74, 6) is 0.108. The molecule has 2 fully saturated rings. The molecule has 2 saturated heterocycles. The quantitative estimate of drug-likeness (QED) is 0.750. The van der Waals surface area contributed by atoms with E-state index >= 15 is 0 Å². The zero-order valence-electron chi connectivity index (χ0n) is 11.1. The number of hydrogen-bond acceptors (Lipinski definition) is 3. The SMILES string of the molecule is CN1CCCCC1CNC(=O)C1CCC(=O)NC1. The third-order valence-electron chi connectivity index (χ3n) is 4.07. The van der Waals surface area contributed by atoms with E-state index in [1.54, 1.807) is 0 Å². The van der Waals surface area contributed by atoms with E-state index in [-0.39, 0.29) is 17.7 Å². The van der Waals surface area contributed by atoms with Crippen LogP contribution >= 0.6 is 0 Å². The molecule has 2 heterocycles. The molecule has 2 rings (SSSR count). The lowest BCUT2D eigenvalue weighted by Crippen LogP contribution is -2.48. The van der Waals surface area contributed by atoms with Crippen LogP contribution in [0.4, 0.5) is 0 Å². The van der Waals surface area contributed by atoms with Gasteiger partial charge < -0.3 is 15.5 Å². The van der Waals surface area contributed by atoms with Crippen LogP contribution in [-0.2, 0) is 9.59 Å². The molecule has 2 N–H and O–H groups in total. The van der Waals surface area contributed by atoms with Crippen LogP contribution in [0.5, 0.6) is 0 Å². The van der Waals surface area contributed by atoms with Crippen molar-refractivity contribution in [1.29, 1.82) is 0 Å². The molecule has 5 nitrogen and oxygen atoms in total. The van der Waals surface area contributed by atoms with E-state index in [4.69, 9.17) is 0 Å². The Morgan fingerprint density at radius 2 is 2.28 bits per heavy atom. The highest BCUT2D eigenvalue weighted by molar-refractivity contribution is 5.83. The van der Waals surface area contributed by atoms with E-state index in [1.165, 1.54) is 12.8 Å². The summed E-state index contributed by atoms with van der Waals surface area (Å²) in [6, 6.07) is 0.473. The summed E-state index contributed by atoms with van der Waals surface area (Å²) < 4.78 is 0. The molecular weight excluding hydrogens is 230 g/mol. The molecule has 0 aromatic rings. The zero-order chi connectivity index (χ0) is 13.0. The first-order chi connectivity index (χ1) is 8.66. The van der Waals surface area contributed by atoms with E-state index in [1.807, 2.05) is 0 Å². The Morgan fingerprint density at radius 1 is 1.44 bits per heavy atom. The van der Waals surface area contributed by atoms with Gasteiger partial charge in [0.25, 0.3) is 0 Å². The van der Waals surface area contributed by atoms with E-state index in [0.29, 0.717) is 25.4 Å². The Balaban J connectivity index is 1.72. The van der Waals surface area contributed by atoms with Crippen LogP contribution in [0.1, 0.15) is 32.1 Å². The maximum Gasteiger partial charge on any atom is 0.224 e. The first-order valence-electron chi connectivity index (χ1n) is 6.91. The van der Waals surface area contributed by atoms with Gasteiger partial charge in [0.1, 0.15) is 0 Å². The fraction of sp³-hybridized carbons (Fsp3) is 0.846. The third-order valence-corrected chi connectivity index (χ3v) is 4.07. The van der Waals surface area contributed by atoms with Gasteiger partial charge in [0.05, 0.1) is 5.92 Å². The average molecular weight is 253 g/mol. The summed E-state index contributed by atoms with van der Waals surface area (Å²) in [5, 5.41) is 5.78. The lowest BCUT2D eigenvalue weighted by atomic mass is 9.97. The number of nitrogens with one attached hydrogen (secondary N) is 2. The van der Waals surface area contributed by atoms with Crippen LogP contribution in [0.15, 0.2) is 0 Å². The second-order valence-corrected chi connectivity index (χ2v) is 5.42. The Hall–Kier alpha value is -1.10. The number of rotatable bonds is 3. The minimum atomic E-state index is -0.0448. The summed E-state index contributed by atoms with van der Waals surface area (Å²) in [6.45, 7) is 2.35. The molecule has 0 radical (unpaired) electrons. The van der Waals surface area contributed by atoms with Gasteiger partial charge in [-0.25, -0.2) is 0 Å². The van der Waals surface area contributed by atoms with Gasteiger partial charge in [-0.05, 0) is 32.9 Å². The lowest BCUT2D eigenvalue weighted by molar-refractivity contribution is -0.129. The zero-order valence-corrected chi connectivity index (χ0v) is 11.1. The summed E-state index contributed by atoms with van der Waals surface area (Å²) in [5.41, 5.74) is 0. The van der Waals surface area contributed by atoms with Gasteiger partial charge in [-0.3, -0.25) is 9.59 Å². The summed E-state index contributed by atoms with van der Waals surface area (Å²) >= 11 is 0. The fourth-order valence-corrected chi connectivity index (χ4v) is 2.72. The first kappa shape index (κ1) is 13.3. The van der Waals surface area contributed by atoms with E-state index in [2.05, 4.69) is 22.6 Å². The molecule has 0 aliphatic carbocycles. The van der Waals surface area contributed by atoms with Gasteiger partial charge in [0.2, 0.25) is 11.8 Å². The van der Waals surface area contributed by atoms with Gasteiger partial charge in [-0.1, -0.05) is 6.42 Å². The number of amides is 2. The number of carbonyl (C=O) groups is 2. The van der Waals surface area contributed by atoms with Crippen LogP contribution in [-0.4, -0.2) is 49.4 Å². The molecule has 2 aliphatic rings. The molecule has 102 valence electrons. The predicted molar refractivity (Wildman–Crippen MR) is 69.0 cm³/mol. The number of piperidine rings is 2. The van der Waals surface area contributed by atoms with Crippen LogP contribution in [0.2, 0.25) is 0 Å². The van der Waals surface area contributed by atoms with Crippen LogP contribution in [0.3, 0.4) is 0 Å². The second-order valence-electron chi connectivity index (χ2n) is 5.42. The molecule has 2 aliphatic heterocycles. The van der Waals surface area contributed by atoms with Gasteiger partial charge in [-0.15, -0.1) is 0 Å². The maximum atomic E-state index is 12.0. The third kappa shape index (κ3) is 3.45. The van der Waals surface area contributed by atoms with Gasteiger partial charge in [0, 0.05) is 25.6 Å². The highest BCUT2D eigenvalue weighted by atomic mass is 16.2. The van der Waals surface area contributed by atoms with Crippen molar-refractivity contribution in [3.8, 4) is 0 Å². The number of nitrogens with zero attached hydrogens (tertiary/aromatic N) is 1. The molecule has 0 aromatic carbocycles. The molecule has 18 heavy (non-hydrogen) atoms. The molecule has 0 saturated carbocycles. The standard InChI is InChI=1S/C13H23N3O2/c1-16-7-3-2-4-11(16)9-15-13(18)10-5-6-12(17)14-8-10/h10-11H,2-9H2,1H3,(H,14,17)(H,15,18). The maximum absolute atomic E-state index is 12.0. The lowest BCUT2D eigenvalue weighted by Gasteiger charge is -2.33. The Labute approximate surface area is 108 Å². The second kappa shape index (κ2) is 6.18. The Kier molecular flexibility index (Phi) is 4.58. The minimum Gasteiger partial charge on any atom is -0.355 e. The van der Waals surface area contributed by atoms with Crippen molar-refractivity contribution in [2.75, 3.05) is 26.7 Å². The number of likely N-dealkylation sites (N-methyl/N-ethyl adjacent to an activating group) is 1. The van der Waals surface area contributed by atoms with Crippen molar-refractivity contribution in [2.24, 2.45) is 5.92 Å².